The first-order valence-electron chi connectivity index (χ1n) is 8.96. The Bertz CT molecular complexity index is 394. The maximum absolute atomic E-state index is 10.4. The lowest BCUT2D eigenvalue weighted by Gasteiger charge is -1.92. The van der Waals surface area contributed by atoms with Crippen LogP contribution in [0.3, 0.4) is 0 Å². The van der Waals surface area contributed by atoms with Crippen LogP contribution in [0.25, 0.3) is 0 Å². The van der Waals surface area contributed by atoms with Gasteiger partial charge in [-0.3, -0.25) is 4.55 Å². The standard InChI is InChI=1S/C6H6O3S.C6H14.C5H12.C2H6/c7-10(8,9)6-4-2-1-3-5-6;1-3-5-6-4-2;1-3-5-4-2;1-2/h1-5H,(H,7,8,9);3-6H2,1-2H3;3-5H2,1-2H3;1-2H3. The molecule has 0 atom stereocenters. The van der Waals surface area contributed by atoms with E-state index in [0.29, 0.717) is 0 Å². The van der Waals surface area contributed by atoms with Crippen molar-refractivity contribution in [1.82, 2.24) is 0 Å². The van der Waals surface area contributed by atoms with Crippen molar-refractivity contribution in [2.75, 3.05) is 0 Å². The fraction of sp³-hybridized carbons (Fsp3) is 0.684. The number of benzene rings is 1. The zero-order chi connectivity index (χ0) is 18.6. The zero-order valence-electron chi connectivity index (χ0n) is 16.0. The highest BCUT2D eigenvalue weighted by Gasteiger charge is 2.05. The Morgan fingerprint density at radius 1 is 0.739 bits per heavy atom. The molecule has 0 aromatic heterocycles. The summed E-state index contributed by atoms with van der Waals surface area (Å²) < 4.78 is 29.2. The van der Waals surface area contributed by atoms with Crippen LogP contribution in [0.5, 0.6) is 0 Å². The van der Waals surface area contributed by atoms with E-state index in [1.807, 2.05) is 13.8 Å². The molecule has 0 fully saturated rings. The van der Waals surface area contributed by atoms with Crippen molar-refractivity contribution >= 4 is 10.1 Å². The Kier molecular flexibility index (Phi) is 24.8. The van der Waals surface area contributed by atoms with Gasteiger partial charge in [0.25, 0.3) is 10.1 Å². The molecule has 0 unspecified atom stereocenters. The first kappa shape index (κ1) is 27.0. The first-order valence-corrected chi connectivity index (χ1v) is 10.4. The van der Waals surface area contributed by atoms with Crippen LogP contribution < -0.4 is 0 Å². The van der Waals surface area contributed by atoms with E-state index < -0.39 is 10.1 Å². The minimum Gasteiger partial charge on any atom is -0.282 e. The van der Waals surface area contributed by atoms with Gasteiger partial charge in [-0.05, 0) is 12.1 Å². The summed E-state index contributed by atoms with van der Waals surface area (Å²) in [4.78, 5) is -0.0741. The fourth-order valence-corrected chi connectivity index (χ4v) is 1.95. The zero-order valence-corrected chi connectivity index (χ0v) is 16.8. The van der Waals surface area contributed by atoms with E-state index in [1.165, 1.54) is 57.1 Å². The van der Waals surface area contributed by atoms with Gasteiger partial charge in [0.2, 0.25) is 0 Å². The molecule has 4 heteroatoms. The maximum atomic E-state index is 10.4. The molecule has 0 radical (unpaired) electrons. The Labute approximate surface area is 145 Å². The molecule has 3 nitrogen and oxygen atoms in total. The third-order valence-electron chi connectivity index (χ3n) is 2.71. The van der Waals surface area contributed by atoms with Gasteiger partial charge in [-0.15, -0.1) is 0 Å². The quantitative estimate of drug-likeness (QED) is 0.458. The molecule has 0 saturated heterocycles. The van der Waals surface area contributed by atoms with Crippen LogP contribution in [-0.2, 0) is 10.1 Å². The predicted molar refractivity (Wildman–Crippen MR) is 103 cm³/mol. The molecule has 0 bridgehead atoms. The van der Waals surface area contributed by atoms with Crippen molar-refractivity contribution in [2.45, 2.75) is 91.4 Å². The summed E-state index contributed by atoms with van der Waals surface area (Å²) in [5, 5.41) is 0. The summed E-state index contributed by atoms with van der Waals surface area (Å²) in [5.41, 5.74) is 0. The Morgan fingerprint density at radius 2 is 1.09 bits per heavy atom. The third-order valence-corrected chi connectivity index (χ3v) is 3.57. The average Bonchev–Trinajstić information content (AvgIpc) is 2.57. The van der Waals surface area contributed by atoms with E-state index in [1.54, 1.807) is 18.2 Å². The smallest absolute Gasteiger partial charge is 0.282 e. The topological polar surface area (TPSA) is 54.4 Å². The first-order chi connectivity index (χ1) is 10.9. The summed E-state index contributed by atoms with van der Waals surface area (Å²) in [5.74, 6) is 0. The normalized spacial score (nSPS) is 9.35. The molecule has 1 aromatic carbocycles. The highest BCUT2D eigenvalue weighted by Crippen LogP contribution is 2.05. The average molecular weight is 347 g/mol. The van der Waals surface area contributed by atoms with Gasteiger partial charge in [-0.2, -0.15) is 8.42 Å². The second-order valence-corrected chi connectivity index (χ2v) is 6.27. The largest absolute Gasteiger partial charge is 0.294 e. The van der Waals surface area contributed by atoms with Gasteiger partial charge < -0.3 is 0 Å². The highest BCUT2D eigenvalue weighted by atomic mass is 32.2. The molecule has 0 saturated carbocycles. The second-order valence-electron chi connectivity index (χ2n) is 4.85. The molecule has 23 heavy (non-hydrogen) atoms. The van der Waals surface area contributed by atoms with Gasteiger partial charge in [-0.25, -0.2) is 0 Å². The minimum absolute atomic E-state index is 0.0741. The summed E-state index contributed by atoms with van der Waals surface area (Å²) in [6.07, 6.45) is 9.61. The number of unbranched alkanes of at least 4 members (excludes halogenated alkanes) is 5. The fourth-order valence-electron chi connectivity index (χ4n) is 1.45. The molecule has 0 spiro atoms. The third kappa shape index (κ3) is 23.5. The summed E-state index contributed by atoms with van der Waals surface area (Å²) in [6.45, 7) is 12.9. The van der Waals surface area contributed by atoms with Crippen LogP contribution in [0.15, 0.2) is 35.2 Å². The van der Waals surface area contributed by atoms with Gasteiger partial charge in [0.05, 0.1) is 4.90 Å². The summed E-state index contributed by atoms with van der Waals surface area (Å²) in [7, 11) is -4.00. The lowest BCUT2D eigenvalue weighted by atomic mass is 10.2. The van der Waals surface area contributed by atoms with E-state index in [9.17, 15) is 8.42 Å². The van der Waals surface area contributed by atoms with Crippen molar-refractivity contribution in [1.29, 1.82) is 0 Å². The van der Waals surface area contributed by atoms with Crippen molar-refractivity contribution < 1.29 is 13.0 Å². The van der Waals surface area contributed by atoms with E-state index >= 15 is 0 Å². The van der Waals surface area contributed by atoms with Crippen molar-refractivity contribution in [2.24, 2.45) is 0 Å². The monoisotopic (exact) mass is 346 g/mol. The van der Waals surface area contributed by atoms with Gasteiger partial charge >= 0.3 is 0 Å². The van der Waals surface area contributed by atoms with E-state index in [0.717, 1.165) is 0 Å². The van der Waals surface area contributed by atoms with E-state index in [4.69, 9.17) is 4.55 Å². The van der Waals surface area contributed by atoms with Crippen LogP contribution >= 0.6 is 0 Å². The SMILES string of the molecule is CC.CCCCC.CCCCCC.O=S(=O)(O)c1ccccc1. The van der Waals surface area contributed by atoms with E-state index in [2.05, 4.69) is 27.7 Å². The maximum Gasteiger partial charge on any atom is 0.294 e. The molecule has 0 aliphatic carbocycles. The Hall–Kier alpha value is -0.870. The van der Waals surface area contributed by atoms with Crippen molar-refractivity contribution in [3.63, 3.8) is 0 Å². The number of hydrogen-bond acceptors (Lipinski definition) is 2. The molecule has 0 amide bonds. The van der Waals surface area contributed by atoms with Crippen LogP contribution in [0.2, 0.25) is 0 Å². The molecule has 138 valence electrons. The summed E-state index contributed by atoms with van der Waals surface area (Å²) >= 11 is 0. The molecule has 1 N–H and O–H groups in total. The molecule has 0 heterocycles. The van der Waals surface area contributed by atoms with Gasteiger partial charge in [0, 0.05) is 0 Å². The van der Waals surface area contributed by atoms with Gasteiger partial charge in [0.1, 0.15) is 0 Å². The van der Waals surface area contributed by atoms with E-state index in [-0.39, 0.29) is 4.90 Å². The second kappa shape index (κ2) is 21.1. The Morgan fingerprint density at radius 3 is 1.26 bits per heavy atom. The Balaban J connectivity index is -0.000000267. The van der Waals surface area contributed by atoms with Gasteiger partial charge in [0.15, 0.2) is 0 Å². The highest BCUT2D eigenvalue weighted by molar-refractivity contribution is 7.85. The molecule has 1 aromatic rings. The van der Waals surface area contributed by atoms with Crippen LogP contribution in [-0.4, -0.2) is 13.0 Å². The summed E-state index contributed by atoms with van der Waals surface area (Å²) in [6, 6.07) is 7.42. The molecule has 0 aliphatic heterocycles. The minimum atomic E-state index is -4.00. The number of rotatable bonds is 6. The lowest BCUT2D eigenvalue weighted by Crippen LogP contribution is -1.96. The van der Waals surface area contributed by atoms with Crippen molar-refractivity contribution in [3.05, 3.63) is 30.3 Å². The number of hydrogen-bond donors (Lipinski definition) is 1. The van der Waals surface area contributed by atoms with Crippen LogP contribution in [0.1, 0.15) is 86.5 Å². The lowest BCUT2D eigenvalue weighted by molar-refractivity contribution is 0.483. The van der Waals surface area contributed by atoms with Crippen LogP contribution in [0.4, 0.5) is 0 Å². The van der Waals surface area contributed by atoms with Gasteiger partial charge in [-0.1, -0.05) is 105 Å². The molecular formula is C19H38O3S. The molecular weight excluding hydrogens is 308 g/mol. The van der Waals surface area contributed by atoms with Crippen LogP contribution in [0, 0.1) is 0 Å². The predicted octanol–water partition coefficient (Wildman–Crippen LogP) is 6.74. The molecule has 1 rings (SSSR count). The molecule has 0 aliphatic rings. The van der Waals surface area contributed by atoms with Crippen molar-refractivity contribution in [3.8, 4) is 0 Å².